The minimum atomic E-state index is -0.477. The van der Waals surface area contributed by atoms with Gasteiger partial charge in [-0.2, -0.15) is 5.26 Å². The molecule has 0 amide bonds. The highest BCUT2D eigenvalue weighted by atomic mass is 19.1. The molecule has 1 saturated carbocycles. The van der Waals surface area contributed by atoms with Gasteiger partial charge in [0.2, 0.25) is 0 Å². The molecule has 1 aliphatic carbocycles. The molecular formula is C17H21FN2O. The molecule has 1 aromatic carbocycles. The van der Waals surface area contributed by atoms with Gasteiger partial charge in [-0.05, 0) is 37.0 Å². The van der Waals surface area contributed by atoms with Gasteiger partial charge >= 0.3 is 0 Å². The third kappa shape index (κ3) is 2.95. The summed E-state index contributed by atoms with van der Waals surface area (Å²) in [7, 11) is 0. The zero-order valence-electron chi connectivity index (χ0n) is 12.2. The molecule has 1 N–H and O–H groups in total. The van der Waals surface area contributed by atoms with E-state index in [4.69, 9.17) is 5.26 Å². The van der Waals surface area contributed by atoms with E-state index in [1.807, 2.05) is 0 Å². The van der Waals surface area contributed by atoms with Gasteiger partial charge in [0.15, 0.2) is 0 Å². The Morgan fingerprint density at radius 1 is 1.38 bits per heavy atom. The van der Waals surface area contributed by atoms with Crippen molar-refractivity contribution in [2.24, 2.45) is 5.92 Å². The van der Waals surface area contributed by atoms with Gasteiger partial charge < -0.3 is 5.11 Å². The lowest BCUT2D eigenvalue weighted by Crippen LogP contribution is -2.53. The standard InChI is InChI=1S/C17H21FN2O/c18-16-5-4-13(14(9-16)10-19)11-20-8-7-17(21)6-2-1-3-15(17)12-20/h4-5,9,15,21H,1-3,6-8,11-12H2. The lowest BCUT2D eigenvalue weighted by Gasteiger charge is -2.47. The molecule has 112 valence electrons. The molecule has 1 saturated heterocycles. The summed E-state index contributed by atoms with van der Waals surface area (Å²) in [6, 6.07) is 6.49. The van der Waals surface area contributed by atoms with Gasteiger partial charge in [0, 0.05) is 25.6 Å². The van der Waals surface area contributed by atoms with Gasteiger partial charge in [0.1, 0.15) is 5.82 Å². The number of fused-ring (bicyclic) bond motifs is 1. The van der Waals surface area contributed by atoms with Crippen LogP contribution in [-0.2, 0) is 6.54 Å². The lowest BCUT2D eigenvalue weighted by atomic mass is 9.71. The van der Waals surface area contributed by atoms with Crippen LogP contribution in [0.1, 0.15) is 43.2 Å². The smallest absolute Gasteiger partial charge is 0.124 e. The first kappa shape index (κ1) is 14.5. The predicted molar refractivity (Wildman–Crippen MR) is 77.9 cm³/mol. The zero-order valence-corrected chi connectivity index (χ0v) is 12.2. The molecule has 0 radical (unpaired) electrons. The Labute approximate surface area is 125 Å². The molecule has 2 fully saturated rings. The fraction of sp³-hybridized carbons (Fsp3) is 0.588. The van der Waals surface area contributed by atoms with Crippen molar-refractivity contribution < 1.29 is 9.50 Å². The second-order valence-electron chi connectivity index (χ2n) is 6.44. The molecule has 1 aromatic rings. The van der Waals surface area contributed by atoms with Crippen LogP contribution in [-0.4, -0.2) is 28.7 Å². The van der Waals surface area contributed by atoms with E-state index in [1.165, 1.54) is 18.6 Å². The van der Waals surface area contributed by atoms with E-state index in [2.05, 4.69) is 11.0 Å². The van der Waals surface area contributed by atoms with Crippen molar-refractivity contribution in [2.75, 3.05) is 13.1 Å². The quantitative estimate of drug-likeness (QED) is 0.910. The largest absolute Gasteiger partial charge is 0.390 e. The average molecular weight is 288 g/mol. The van der Waals surface area contributed by atoms with Crippen molar-refractivity contribution in [3.8, 4) is 6.07 Å². The number of nitriles is 1. The van der Waals surface area contributed by atoms with Crippen LogP contribution in [0.15, 0.2) is 18.2 Å². The molecule has 2 atom stereocenters. The number of hydrogen-bond donors (Lipinski definition) is 1. The summed E-state index contributed by atoms with van der Waals surface area (Å²) in [4.78, 5) is 2.29. The van der Waals surface area contributed by atoms with Crippen molar-refractivity contribution in [1.29, 1.82) is 5.26 Å². The minimum absolute atomic E-state index is 0.339. The number of rotatable bonds is 2. The Kier molecular flexibility index (Phi) is 3.97. The van der Waals surface area contributed by atoms with Crippen molar-refractivity contribution in [3.05, 3.63) is 35.1 Å². The summed E-state index contributed by atoms with van der Waals surface area (Å²) in [5.41, 5.74) is 0.815. The number of hydrogen-bond acceptors (Lipinski definition) is 3. The Balaban J connectivity index is 1.71. The monoisotopic (exact) mass is 288 g/mol. The maximum atomic E-state index is 13.2. The number of piperidine rings is 1. The van der Waals surface area contributed by atoms with Crippen LogP contribution in [0, 0.1) is 23.1 Å². The van der Waals surface area contributed by atoms with Crippen LogP contribution < -0.4 is 0 Å². The number of aliphatic hydroxyl groups is 1. The highest BCUT2D eigenvalue weighted by Gasteiger charge is 2.42. The Bertz CT molecular complexity index is 568. The predicted octanol–water partition coefficient (Wildman–Crippen LogP) is 2.82. The molecule has 3 rings (SSSR count). The first-order valence-corrected chi connectivity index (χ1v) is 7.74. The maximum absolute atomic E-state index is 13.2. The lowest BCUT2D eigenvalue weighted by molar-refractivity contribution is -0.0967. The van der Waals surface area contributed by atoms with Crippen molar-refractivity contribution >= 4 is 0 Å². The third-order valence-electron chi connectivity index (χ3n) is 5.10. The summed E-state index contributed by atoms with van der Waals surface area (Å²) < 4.78 is 13.2. The van der Waals surface area contributed by atoms with Crippen molar-refractivity contribution in [3.63, 3.8) is 0 Å². The van der Waals surface area contributed by atoms with Crippen LogP contribution in [0.3, 0.4) is 0 Å². The molecule has 3 nitrogen and oxygen atoms in total. The summed E-state index contributed by atoms with van der Waals surface area (Å²) >= 11 is 0. The van der Waals surface area contributed by atoms with Gasteiger partial charge in [-0.3, -0.25) is 4.90 Å². The Hall–Kier alpha value is -1.44. The van der Waals surface area contributed by atoms with Gasteiger partial charge in [0.25, 0.3) is 0 Å². The van der Waals surface area contributed by atoms with Gasteiger partial charge in [0.05, 0.1) is 17.2 Å². The Morgan fingerprint density at radius 3 is 3.05 bits per heavy atom. The van der Waals surface area contributed by atoms with E-state index in [-0.39, 0.29) is 5.82 Å². The summed E-state index contributed by atoms with van der Waals surface area (Å²) in [6.07, 6.45) is 5.14. The van der Waals surface area contributed by atoms with E-state index in [0.717, 1.165) is 44.3 Å². The summed E-state index contributed by atoms with van der Waals surface area (Å²) in [5, 5.41) is 19.8. The van der Waals surface area contributed by atoms with Gasteiger partial charge in [-0.15, -0.1) is 0 Å². The van der Waals surface area contributed by atoms with Crippen LogP contribution >= 0.6 is 0 Å². The molecule has 1 aliphatic heterocycles. The van der Waals surface area contributed by atoms with Crippen LogP contribution in [0.4, 0.5) is 4.39 Å². The van der Waals surface area contributed by atoms with Gasteiger partial charge in [-0.1, -0.05) is 18.9 Å². The first-order chi connectivity index (χ1) is 10.1. The molecule has 1 heterocycles. The SMILES string of the molecule is N#Cc1cc(F)ccc1CN1CCC2(O)CCCCC2C1. The second kappa shape index (κ2) is 5.75. The van der Waals surface area contributed by atoms with E-state index >= 15 is 0 Å². The summed E-state index contributed by atoms with van der Waals surface area (Å²) in [6.45, 7) is 2.38. The van der Waals surface area contributed by atoms with Gasteiger partial charge in [-0.25, -0.2) is 4.39 Å². The van der Waals surface area contributed by atoms with Crippen LogP contribution in [0.2, 0.25) is 0 Å². The van der Waals surface area contributed by atoms with E-state index in [9.17, 15) is 9.50 Å². The molecular weight excluding hydrogens is 267 g/mol. The van der Waals surface area contributed by atoms with E-state index < -0.39 is 5.60 Å². The summed E-state index contributed by atoms with van der Waals surface area (Å²) in [5.74, 6) is -0.0263. The van der Waals surface area contributed by atoms with E-state index in [1.54, 1.807) is 6.07 Å². The molecule has 2 unspecified atom stereocenters. The molecule has 0 aromatic heterocycles. The normalized spacial score (nSPS) is 29.7. The fourth-order valence-corrected chi connectivity index (χ4v) is 3.81. The van der Waals surface area contributed by atoms with Crippen molar-refractivity contribution in [2.45, 2.75) is 44.2 Å². The van der Waals surface area contributed by atoms with Crippen LogP contribution in [0.25, 0.3) is 0 Å². The first-order valence-electron chi connectivity index (χ1n) is 7.74. The maximum Gasteiger partial charge on any atom is 0.124 e. The highest BCUT2D eigenvalue weighted by molar-refractivity contribution is 5.37. The van der Waals surface area contributed by atoms with E-state index in [0.29, 0.717) is 18.0 Å². The molecule has 2 aliphatic rings. The zero-order chi connectivity index (χ0) is 14.9. The molecule has 21 heavy (non-hydrogen) atoms. The molecule has 4 heteroatoms. The average Bonchev–Trinajstić information content (AvgIpc) is 2.49. The molecule has 0 bridgehead atoms. The number of halogens is 1. The Morgan fingerprint density at radius 2 is 2.24 bits per heavy atom. The highest BCUT2D eigenvalue weighted by Crippen LogP contribution is 2.40. The third-order valence-corrected chi connectivity index (χ3v) is 5.10. The second-order valence-corrected chi connectivity index (χ2v) is 6.44. The number of likely N-dealkylation sites (tertiary alicyclic amines) is 1. The fourth-order valence-electron chi connectivity index (χ4n) is 3.81. The molecule has 0 spiro atoms. The minimum Gasteiger partial charge on any atom is -0.390 e. The number of benzene rings is 1. The topological polar surface area (TPSA) is 47.3 Å². The van der Waals surface area contributed by atoms with Crippen molar-refractivity contribution in [1.82, 2.24) is 4.90 Å². The number of nitrogens with zero attached hydrogens (tertiary/aromatic N) is 2. The van der Waals surface area contributed by atoms with Crippen LogP contribution in [0.5, 0.6) is 0 Å².